The Morgan fingerprint density at radius 1 is 1.17 bits per heavy atom. The van der Waals surface area contributed by atoms with Crippen LogP contribution in [0.5, 0.6) is 0 Å². The van der Waals surface area contributed by atoms with Crippen LogP contribution in [0.2, 0.25) is 0 Å². The first-order valence-electron chi connectivity index (χ1n) is 7.71. The molecule has 0 spiro atoms. The lowest BCUT2D eigenvalue weighted by atomic mass is 10.1. The Balaban J connectivity index is 1.53. The average molecular weight is 324 g/mol. The summed E-state index contributed by atoms with van der Waals surface area (Å²) in [5.74, 6) is 0.0709. The Morgan fingerprint density at radius 3 is 2.91 bits per heavy atom. The van der Waals surface area contributed by atoms with Crippen molar-refractivity contribution in [3.8, 4) is 0 Å². The molecule has 1 aromatic heterocycles. The number of carbonyl (C=O) groups excluding carboxylic acids is 1. The molecule has 1 heterocycles. The highest BCUT2D eigenvalue weighted by atomic mass is 32.2. The van der Waals surface area contributed by atoms with E-state index in [1.807, 2.05) is 36.5 Å². The molecule has 0 fully saturated rings. The van der Waals surface area contributed by atoms with Crippen LogP contribution in [0.15, 0.2) is 59.6 Å². The number of rotatable bonds is 6. The maximum Gasteiger partial charge on any atom is 0.224 e. The molecule has 118 valence electrons. The molecule has 3 aromatic rings. The van der Waals surface area contributed by atoms with Crippen LogP contribution in [0.25, 0.3) is 10.9 Å². The van der Waals surface area contributed by atoms with Crippen LogP contribution in [-0.4, -0.2) is 23.7 Å². The largest absolute Gasteiger partial charge is 0.361 e. The first-order valence-corrected chi connectivity index (χ1v) is 8.93. The van der Waals surface area contributed by atoms with E-state index in [4.69, 9.17) is 0 Å². The molecule has 0 unspecified atom stereocenters. The van der Waals surface area contributed by atoms with Crippen LogP contribution >= 0.6 is 11.8 Å². The molecular formula is C19H20N2OS. The van der Waals surface area contributed by atoms with E-state index in [0.29, 0.717) is 13.0 Å². The molecule has 0 aliphatic carbocycles. The van der Waals surface area contributed by atoms with Crippen molar-refractivity contribution in [3.63, 3.8) is 0 Å². The van der Waals surface area contributed by atoms with Gasteiger partial charge in [-0.25, -0.2) is 0 Å². The van der Waals surface area contributed by atoms with Crippen molar-refractivity contribution in [2.24, 2.45) is 0 Å². The number of H-pyrrole nitrogens is 1. The summed E-state index contributed by atoms with van der Waals surface area (Å²) in [4.78, 5) is 16.5. The summed E-state index contributed by atoms with van der Waals surface area (Å²) in [5, 5.41) is 4.16. The van der Waals surface area contributed by atoms with Gasteiger partial charge in [-0.3, -0.25) is 4.79 Å². The normalized spacial score (nSPS) is 10.8. The third-order valence-corrected chi connectivity index (χ3v) is 4.73. The predicted octanol–water partition coefficient (Wildman–Crippen LogP) is 3.79. The van der Waals surface area contributed by atoms with Gasteiger partial charge in [0.25, 0.3) is 0 Å². The summed E-state index contributed by atoms with van der Waals surface area (Å²) in [6.45, 7) is 0.669. The Kier molecular flexibility index (Phi) is 5.03. The number of amides is 1. The van der Waals surface area contributed by atoms with Crippen LogP contribution in [0, 0.1) is 0 Å². The number of thioether (sulfide) groups is 1. The highest BCUT2D eigenvalue weighted by Crippen LogP contribution is 2.20. The minimum Gasteiger partial charge on any atom is -0.361 e. The molecule has 0 aliphatic rings. The van der Waals surface area contributed by atoms with Crippen molar-refractivity contribution in [1.82, 2.24) is 10.3 Å². The topological polar surface area (TPSA) is 44.9 Å². The average Bonchev–Trinajstić information content (AvgIpc) is 3.03. The highest BCUT2D eigenvalue weighted by Gasteiger charge is 2.05. The first-order chi connectivity index (χ1) is 11.3. The van der Waals surface area contributed by atoms with Crippen molar-refractivity contribution in [2.75, 3.05) is 12.8 Å². The van der Waals surface area contributed by atoms with Crippen LogP contribution in [0.3, 0.4) is 0 Å². The smallest absolute Gasteiger partial charge is 0.224 e. The summed E-state index contributed by atoms with van der Waals surface area (Å²) >= 11 is 1.74. The highest BCUT2D eigenvalue weighted by molar-refractivity contribution is 7.98. The van der Waals surface area contributed by atoms with Gasteiger partial charge in [0.2, 0.25) is 5.91 Å². The monoisotopic (exact) mass is 324 g/mol. The van der Waals surface area contributed by atoms with E-state index >= 15 is 0 Å². The molecule has 0 bridgehead atoms. The van der Waals surface area contributed by atoms with Crippen molar-refractivity contribution in [2.45, 2.75) is 17.7 Å². The van der Waals surface area contributed by atoms with E-state index in [1.54, 1.807) is 11.8 Å². The van der Waals surface area contributed by atoms with Gasteiger partial charge >= 0.3 is 0 Å². The maximum absolute atomic E-state index is 12.1. The standard InChI is InChI=1S/C19H20N2OS/c1-23-18-5-3-2-4-15(18)8-11-21-19(22)13-14-6-7-17-16(12-14)9-10-20-17/h2-7,9-10,12,20H,8,11,13H2,1H3,(H,21,22). The molecule has 3 nitrogen and oxygen atoms in total. The molecular weight excluding hydrogens is 304 g/mol. The lowest BCUT2D eigenvalue weighted by Gasteiger charge is -2.08. The van der Waals surface area contributed by atoms with Crippen LogP contribution < -0.4 is 5.32 Å². The number of fused-ring (bicyclic) bond motifs is 1. The molecule has 0 saturated carbocycles. The van der Waals surface area contributed by atoms with Gasteiger partial charge in [-0.15, -0.1) is 11.8 Å². The summed E-state index contributed by atoms with van der Waals surface area (Å²) < 4.78 is 0. The van der Waals surface area contributed by atoms with Gasteiger partial charge < -0.3 is 10.3 Å². The second-order valence-electron chi connectivity index (χ2n) is 5.49. The van der Waals surface area contributed by atoms with E-state index in [1.165, 1.54) is 10.5 Å². The molecule has 1 amide bonds. The number of carbonyl (C=O) groups is 1. The minimum absolute atomic E-state index is 0.0709. The molecule has 0 aliphatic heterocycles. The second-order valence-corrected chi connectivity index (χ2v) is 6.34. The molecule has 2 N–H and O–H groups in total. The third kappa shape index (κ3) is 3.96. The zero-order valence-corrected chi connectivity index (χ0v) is 14.0. The number of nitrogens with one attached hydrogen (secondary N) is 2. The van der Waals surface area contributed by atoms with Gasteiger partial charge in [-0.2, -0.15) is 0 Å². The van der Waals surface area contributed by atoms with Gasteiger partial charge in [0, 0.05) is 23.2 Å². The van der Waals surface area contributed by atoms with Crippen molar-refractivity contribution >= 4 is 28.6 Å². The van der Waals surface area contributed by atoms with E-state index in [0.717, 1.165) is 22.9 Å². The predicted molar refractivity (Wildman–Crippen MR) is 96.9 cm³/mol. The van der Waals surface area contributed by atoms with Crippen LogP contribution in [-0.2, 0) is 17.6 Å². The molecule has 0 atom stereocenters. The fourth-order valence-corrected chi connectivity index (χ4v) is 3.35. The van der Waals surface area contributed by atoms with Gasteiger partial charge in [0.05, 0.1) is 6.42 Å². The fourth-order valence-electron chi connectivity index (χ4n) is 2.71. The fraction of sp³-hybridized carbons (Fsp3) is 0.211. The number of benzene rings is 2. The van der Waals surface area contributed by atoms with E-state index in [9.17, 15) is 4.79 Å². The van der Waals surface area contributed by atoms with Crippen molar-refractivity contribution in [3.05, 3.63) is 65.9 Å². The van der Waals surface area contributed by atoms with Gasteiger partial charge in [0.15, 0.2) is 0 Å². The lowest BCUT2D eigenvalue weighted by molar-refractivity contribution is -0.120. The molecule has 0 radical (unpaired) electrons. The van der Waals surface area contributed by atoms with Gasteiger partial charge in [-0.05, 0) is 53.5 Å². The molecule has 23 heavy (non-hydrogen) atoms. The first kappa shape index (κ1) is 15.7. The van der Waals surface area contributed by atoms with Crippen molar-refractivity contribution < 1.29 is 4.79 Å². The molecule has 3 rings (SSSR count). The molecule has 0 saturated heterocycles. The number of hydrogen-bond donors (Lipinski definition) is 2. The summed E-state index contributed by atoms with van der Waals surface area (Å²) in [7, 11) is 0. The van der Waals surface area contributed by atoms with Crippen molar-refractivity contribution in [1.29, 1.82) is 0 Å². The second kappa shape index (κ2) is 7.38. The summed E-state index contributed by atoms with van der Waals surface area (Å²) in [5.41, 5.74) is 3.43. The maximum atomic E-state index is 12.1. The van der Waals surface area contributed by atoms with E-state index in [2.05, 4.69) is 34.8 Å². The zero-order chi connectivity index (χ0) is 16.1. The quantitative estimate of drug-likeness (QED) is 0.678. The molecule has 4 heteroatoms. The third-order valence-electron chi connectivity index (χ3n) is 3.89. The number of aromatic nitrogens is 1. The SMILES string of the molecule is CSc1ccccc1CCNC(=O)Cc1ccc2[nH]ccc2c1. The zero-order valence-electron chi connectivity index (χ0n) is 13.1. The Bertz CT molecular complexity index is 810. The van der Waals surface area contributed by atoms with Gasteiger partial charge in [0.1, 0.15) is 0 Å². The van der Waals surface area contributed by atoms with Gasteiger partial charge in [-0.1, -0.05) is 24.3 Å². The van der Waals surface area contributed by atoms with E-state index < -0.39 is 0 Å². The minimum atomic E-state index is 0.0709. The van der Waals surface area contributed by atoms with Crippen LogP contribution in [0.1, 0.15) is 11.1 Å². The number of aromatic amines is 1. The summed E-state index contributed by atoms with van der Waals surface area (Å²) in [6, 6.07) is 16.4. The molecule has 2 aromatic carbocycles. The Hall–Kier alpha value is -2.20. The lowest BCUT2D eigenvalue weighted by Crippen LogP contribution is -2.27. The van der Waals surface area contributed by atoms with E-state index in [-0.39, 0.29) is 5.91 Å². The Morgan fingerprint density at radius 2 is 2.04 bits per heavy atom. The Labute approximate surface area is 140 Å². The van der Waals surface area contributed by atoms with Crippen LogP contribution in [0.4, 0.5) is 0 Å². The number of hydrogen-bond acceptors (Lipinski definition) is 2. The summed E-state index contributed by atoms with van der Waals surface area (Å²) in [6.07, 6.45) is 5.27.